The monoisotopic (exact) mass is 367 g/mol. The molecule has 130 valence electrons. The van der Waals surface area contributed by atoms with E-state index in [1.807, 2.05) is 31.2 Å². The van der Waals surface area contributed by atoms with Gasteiger partial charge in [-0.25, -0.2) is 0 Å². The van der Waals surface area contributed by atoms with Gasteiger partial charge in [0.1, 0.15) is 0 Å². The summed E-state index contributed by atoms with van der Waals surface area (Å²) in [6, 6.07) is 16.3. The highest BCUT2D eigenvalue weighted by Gasteiger charge is 2.22. The molecule has 0 aliphatic carbocycles. The molecule has 2 aromatic rings. The number of halogens is 2. The molecule has 1 heterocycles. The Kier molecular flexibility index (Phi) is 7.55. The molecule has 1 aliphatic heterocycles. The highest BCUT2D eigenvalue weighted by Crippen LogP contribution is 2.38. The molecule has 3 rings (SSSR count). The molecular formula is C18H23Cl2N3O. The Morgan fingerprint density at radius 3 is 2.46 bits per heavy atom. The molecule has 0 saturated carbocycles. The third-order valence-electron chi connectivity index (χ3n) is 4.14. The predicted octanol–water partition coefficient (Wildman–Crippen LogP) is 3.76. The van der Waals surface area contributed by atoms with E-state index in [4.69, 9.17) is 5.73 Å². The summed E-state index contributed by atoms with van der Waals surface area (Å²) in [4.78, 5) is 14.4. The largest absolute Gasteiger partial charge is 0.339 e. The standard InChI is InChI=1S/C18H21N3O.2ClH/c1-13(12-19)18(22)20-15-7-3-5-9-17(15)21-11-10-14-6-2-4-8-16(14)21;;/h2-9,13H,10-12,19H2,1H3,(H,20,22);2*1H. The van der Waals surface area contributed by atoms with Crippen molar-refractivity contribution in [3.63, 3.8) is 0 Å². The first-order chi connectivity index (χ1) is 10.7. The lowest BCUT2D eigenvalue weighted by atomic mass is 10.1. The lowest BCUT2D eigenvalue weighted by Gasteiger charge is -2.23. The second-order valence-electron chi connectivity index (χ2n) is 5.67. The third-order valence-corrected chi connectivity index (χ3v) is 4.14. The summed E-state index contributed by atoms with van der Waals surface area (Å²) in [6.45, 7) is 3.11. The zero-order chi connectivity index (χ0) is 15.5. The van der Waals surface area contributed by atoms with Crippen molar-refractivity contribution in [2.45, 2.75) is 13.3 Å². The number of fused-ring (bicyclic) bond motifs is 1. The van der Waals surface area contributed by atoms with Crippen LogP contribution in [0.3, 0.4) is 0 Å². The maximum atomic E-state index is 12.1. The van der Waals surface area contributed by atoms with Gasteiger partial charge in [-0.05, 0) is 30.2 Å². The number of carbonyl (C=O) groups is 1. The van der Waals surface area contributed by atoms with E-state index in [2.05, 4.69) is 34.5 Å². The fourth-order valence-corrected chi connectivity index (χ4v) is 2.77. The van der Waals surface area contributed by atoms with Crippen LogP contribution < -0.4 is 16.0 Å². The molecule has 24 heavy (non-hydrogen) atoms. The van der Waals surface area contributed by atoms with Gasteiger partial charge >= 0.3 is 0 Å². The van der Waals surface area contributed by atoms with E-state index in [0.717, 1.165) is 24.3 Å². The fraction of sp³-hybridized carbons (Fsp3) is 0.278. The number of nitrogens with one attached hydrogen (secondary N) is 1. The van der Waals surface area contributed by atoms with Crippen LogP contribution in [-0.4, -0.2) is 19.0 Å². The summed E-state index contributed by atoms with van der Waals surface area (Å²) in [5.41, 5.74) is 10.0. The van der Waals surface area contributed by atoms with E-state index in [0.29, 0.717) is 6.54 Å². The molecule has 3 N–H and O–H groups in total. The molecule has 1 amide bonds. The molecule has 1 atom stereocenters. The van der Waals surface area contributed by atoms with E-state index in [1.165, 1.54) is 11.3 Å². The number of rotatable bonds is 4. The molecule has 0 radical (unpaired) electrons. The Hall–Kier alpha value is -1.75. The van der Waals surface area contributed by atoms with Crippen LogP contribution in [0.25, 0.3) is 0 Å². The van der Waals surface area contributed by atoms with Crippen LogP contribution in [0.15, 0.2) is 48.5 Å². The van der Waals surface area contributed by atoms with Crippen molar-refractivity contribution in [1.29, 1.82) is 0 Å². The first-order valence-electron chi connectivity index (χ1n) is 7.66. The van der Waals surface area contributed by atoms with Gasteiger partial charge in [-0.1, -0.05) is 37.3 Å². The number of carbonyl (C=O) groups excluding carboxylic acids is 1. The summed E-state index contributed by atoms with van der Waals surface area (Å²) in [5, 5.41) is 3.01. The Labute approximate surface area is 155 Å². The minimum absolute atomic E-state index is 0. The minimum atomic E-state index is -0.195. The average Bonchev–Trinajstić information content (AvgIpc) is 2.98. The molecule has 1 unspecified atom stereocenters. The van der Waals surface area contributed by atoms with Gasteiger partial charge in [-0.2, -0.15) is 0 Å². The van der Waals surface area contributed by atoms with Crippen molar-refractivity contribution in [2.24, 2.45) is 11.7 Å². The lowest BCUT2D eigenvalue weighted by Crippen LogP contribution is -2.27. The van der Waals surface area contributed by atoms with Gasteiger partial charge in [0.25, 0.3) is 0 Å². The summed E-state index contributed by atoms with van der Waals surface area (Å²) < 4.78 is 0. The smallest absolute Gasteiger partial charge is 0.228 e. The first kappa shape index (κ1) is 20.3. The predicted molar refractivity (Wildman–Crippen MR) is 105 cm³/mol. The Morgan fingerprint density at radius 2 is 1.75 bits per heavy atom. The molecule has 0 fully saturated rings. The zero-order valence-corrected chi connectivity index (χ0v) is 15.2. The van der Waals surface area contributed by atoms with Gasteiger partial charge < -0.3 is 16.0 Å². The van der Waals surface area contributed by atoms with Gasteiger partial charge in [-0.15, -0.1) is 24.8 Å². The molecule has 0 saturated heterocycles. The molecule has 0 spiro atoms. The van der Waals surface area contributed by atoms with E-state index >= 15 is 0 Å². The number of para-hydroxylation sites is 3. The highest BCUT2D eigenvalue weighted by atomic mass is 35.5. The molecule has 4 nitrogen and oxygen atoms in total. The topological polar surface area (TPSA) is 58.4 Å². The van der Waals surface area contributed by atoms with E-state index in [9.17, 15) is 4.79 Å². The van der Waals surface area contributed by atoms with Crippen LogP contribution in [-0.2, 0) is 11.2 Å². The second kappa shape index (κ2) is 8.92. The van der Waals surface area contributed by atoms with Crippen LogP contribution in [0.5, 0.6) is 0 Å². The molecule has 0 bridgehead atoms. The number of benzene rings is 2. The third kappa shape index (κ3) is 4.01. The quantitative estimate of drug-likeness (QED) is 0.864. The Balaban J connectivity index is 0.00000144. The molecule has 6 heteroatoms. The van der Waals surface area contributed by atoms with Crippen molar-refractivity contribution in [3.05, 3.63) is 54.1 Å². The van der Waals surface area contributed by atoms with Crippen LogP contribution in [0.2, 0.25) is 0 Å². The van der Waals surface area contributed by atoms with Gasteiger partial charge in [0, 0.05) is 24.7 Å². The Morgan fingerprint density at radius 1 is 1.12 bits per heavy atom. The number of hydrogen-bond acceptors (Lipinski definition) is 3. The normalized spacial score (nSPS) is 13.3. The van der Waals surface area contributed by atoms with Gasteiger partial charge in [0.15, 0.2) is 0 Å². The molecule has 1 aliphatic rings. The number of hydrogen-bond donors (Lipinski definition) is 2. The lowest BCUT2D eigenvalue weighted by molar-refractivity contribution is -0.119. The van der Waals surface area contributed by atoms with Crippen molar-refractivity contribution in [3.8, 4) is 0 Å². The number of nitrogens with two attached hydrogens (primary N) is 1. The first-order valence-corrected chi connectivity index (χ1v) is 7.66. The summed E-state index contributed by atoms with van der Waals surface area (Å²) >= 11 is 0. The van der Waals surface area contributed by atoms with Crippen LogP contribution >= 0.6 is 24.8 Å². The maximum absolute atomic E-state index is 12.1. The van der Waals surface area contributed by atoms with Gasteiger partial charge in [0.05, 0.1) is 11.4 Å². The minimum Gasteiger partial charge on any atom is -0.339 e. The molecular weight excluding hydrogens is 345 g/mol. The average molecular weight is 368 g/mol. The molecule has 0 aromatic heterocycles. The second-order valence-corrected chi connectivity index (χ2v) is 5.67. The van der Waals surface area contributed by atoms with Crippen molar-refractivity contribution >= 4 is 47.8 Å². The number of nitrogens with zero attached hydrogens (tertiary/aromatic N) is 1. The Bertz CT molecular complexity index is 693. The summed E-state index contributed by atoms with van der Waals surface area (Å²) in [7, 11) is 0. The van der Waals surface area contributed by atoms with Crippen molar-refractivity contribution < 1.29 is 4.79 Å². The zero-order valence-electron chi connectivity index (χ0n) is 13.6. The van der Waals surface area contributed by atoms with E-state index in [1.54, 1.807) is 0 Å². The summed E-state index contributed by atoms with van der Waals surface area (Å²) in [5.74, 6) is -0.235. The van der Waals surface area contributed by atoms with Crippen molar-refractivity contribution in [2.75, 3.05) is 23.3 Å². The highest BCUT2D eigenvalue weighted by molar-refractivity contribution is 5.96. The van der Waals surface area contributed by atoms with Crippen molar-refractivity contribution in [1.82, 2.24) is 0 Å². The van der Waals surface area contributed by atoms with Crippen LogP contribution in [0.4, 0.5) is 17.1 Å². The summed E-state index contributed by atoms with van der Waals surface area (Å²) in [6.07, 6.45) is 1.03. The number of anilines is 3. The van der Waals surface area contributed by atoms with Crippen LogP contribution in [0, 0.1) is 5.92 Å². The van der Waals surface area contributed by atoms with Gasteiger partial charge in [-0.3, -0.25) is 4.79 Å². The maximum Gasteiger partial charge on any atom is 0.228 e. The SMILES string of the molecule is CC(CN)C(=O)Nc1ccccc1N1CCc2ccccc21.Cl.Cl. The molecule has 2 aromatic carbocycles. The fourth-order valence-electron chi connectivity index (χ4n) is 2.77. The van der Waals surface area contributed by atoms with E-state index < -0.39 is 0 Å². The van der Waals surface area contributed by atoms with E-state index in [-0.39, 0.29) is 36.6 Å². The van der Waals surface area contributed by atoms with Crippen LogP contribution in [0.1, 0.15) is 12.5 Å². The van der Waals surface area contributed by atoms with Gasteiger partial charge in [0.2, 0.25) is 5.91 Å². The number of amides is 1.